The van der Waals surface area contributed by atoms with E-state index in [0.29, 0.717) is 5.92 Å². The van der Waals surface area contributed by atoms with Crippen molar-refractivity contribution < 1.29 is 0 Å². The van der Waals surface area contributed by atoms with Crippen LogP contribution in [-0.4, -0.2) is 15.0 Å². The first-order valence-corrected chi connectivity index (χ1v) is 5.90. The van der Waals surface area contributed by atoms with Crippen molar-refractivity contribution in [3.05, 3.63) is 35.9 Å². The van der Waals surface area contributed by atoms with Crippen LogP contribution in [0.3, 0.4) is 0 Å². The van der Waals surface area contributed by atoms with Gasteiger partial charge in [0.2, 0.25) is 0 Å². The molecule has 2 aromatic heterocycles. The fraction of sp³-hybridized carbons (Fsp3) is 0.286. The normalized spacial score (nSPS) is 11.8. The zero-order valence-corrected chi connectivity index (χ0v) is 10.3. The summed E-state index contributed by atoms with van der Waals surface area (Å²) in [6, 6.07) is 4.24. The molecule has 0 saturated carbocycles. The molecular weight excluding hydrogens is 210 g/mol. The van der Waals surface area contributed by atoms with Gasteiger partial charge in [0.1, 0.15) is 5.82 Å². The number of nitrogens with zero attached hydrogens (tertiary/aromatic N) is 2. The zero-order chi connectivity index (χ0) is 12.0. The summed E-state index contributed by atoms with van der Waals surface area (Å²) in [5.74, 6) is 1.45. The number of hydrogen-bond acceptors (Lipinski definition) is 2. The maximum Gasteiger partial charge on any atom is 0.109 e. The largest absolute Gasteiger partial charge is 0.342 e. The van der Waals surface area contributed by atoms with Gasteiger partial charge in [-0.2, -0.15) is 0 Å². The summed E-state index contributed by atoms with van der Waals surface area (Å²) in [4.78, 5) is 12.3. The van der Waals surface area contributed by atoms with Crippen molar-refractivity contribution >= 4 is 21.8 Å². The molecule has 1 aromatic carbocycles. The third kappa shape index (κ3) is 1.50. The fourth-order valence-corrected chi connectivity index (χ4v) is 2.16. The number of H-pyrrole nitrogens is 1. The van der Waals surface area contributed by atoms with E-state index in [2.05, 4.69) is 47.9 Å². The molecule has 0 amide bonds. The van der Waals surface area contributed by atoms with E-state index < -0.39 is 0 Å². The molecule has 0 aliphatic heterocycles. The average molecular weight is 225 g/mol. The Morgan fingerprint density at radius 2 is 1.94 bits per heavy atom. The molecule has 17 heavy (non-hydrogen) atoms. The summed E-state index contributed by atoms with van der Waals surface area (Å²) in [5, 5.41) is 2.36. The highest BCUT2D eigenvalue weighted by Crippen LogP contribution is 2.26. The number of nitrogens with one attached hydrogen (secondary N) is 1. The first-order chi connectivity index (χ1) is 8.16. The number of benzene rings is 1. The van der Waals surface area contributed by atoms with Gasteiger partial charge >= 0.3 is 0 Å². The maximum atomic E-state index is 4.69. The van der Waals surface area contributed by atoms with Crippen molar-refractivity contribution in [2.24, 2.45) is 0 Å². The van der Waals surface area contributed by atoms with E-state index in [0.717, 1.165) is 22.2 Å². The highest BCUT2D eigenvalue weighted by atomic mass is 14.9. The molecule has 3 heteroatoms. The van der Waals surface area contributed by atoms with Crippen LogP contribution in [0.2, 0.25) is 0 Å². The lowest BCUT2D eigenvalue weighted by Crippen LogP contribution is -1.88. The molecule has 0 aliphatic carbocycles. The Bertz CT molecular complexity index is 695. The minimum atomic E-state index is 0.412. The van der Waals surface area contributed by atoms with Gasteiger partial charge in [0.05, 0.1) is 11.0 Å². The monoisotopic (exact) mass is 225 g/mol. The summed E-state index contributed by atoms with van der Waals surface area (Å²) < 4.78 is 0. The molecule has 0 unspecified atom stereocenters. The van der Waals surface area contributed by atoms with Gasteiger partial charge in [0.15, 0.2) is 0 Å². The Morgan fingerprint density at radius 3 is 2.71 bits per heavy atom. The first-order valence-electron chi connectivity index (χ1n) is 5.90. The van der Waals surface area contributed by atoms with E-state index in [9.17, 15) is 0 Å². The van der Waals surface area contributed by atoms with Crippen molar-refractivity contribution in [2.45, 2.75) is 26.7 Å². The molecular formula is C14H15N3. The second-order valence-electron chi connectivity index (χ2n) is 4.79. The Labute approximate surface area is 99.9 Å². The molecule has 0 bridgehead atoms. The van der Waals surface area contributed by atoms with Crippen molar-refractivity contribution in [1.29, 1.82) is 0 Å². The van der Waals surface area contributed by atoms with Crippen molar-refractivity contribution in [2.75, 3.05) is 0 Å². The zero-order valence-electron chi connectivity index (χ0n) is 10.3. The van der Waals surface area contributed by atoms with Gasteiger partial charge in [0.25, 0.3) is 0 Å². The molecule has 0 fully saturated rings. The van der Waals surface area contributed by atoms with E-state index in [1.807, 2.05) is 12.4 Å². The van der Waals surface area contributed by atoms with Gasteiger partial charge < -0.3 is 4.98 Å². The number of fused-ring (bicyclic) bond motifs is 3. The van der Waals surface area contributed by atoms with Crippen LogP contribution in [0.1, 0.15) is 31.2 Å². The van der Waals surface area contributed by atoms with Crippen LogP contribution in [-0.2, 0) is 0 Å². The molecule has 3 aromatic rings. The minimum absolute atomic E-state index is 0.412. The molecule has 86 valence electrons. The summed E-state index contributed by atoms with van der Waals surface area (Å²) >= 11 is 0. The van der Waals surface area contributed by atoms with Gasteiger partial charge in [-0.15, -0.1) is 0 Å². The van der Waals surface area contributed by atoms with E-state index in [1.165, 1.54) is 10.9 Å². The lowest BCUT2D eigenvalue weighted by atomic mass is 10.1. The Hall–Kier alpha value is -1.90. The number of pyridine rings is 1. The average Bonchev–Trinajstić information content (AvgIpc) is 2.73. The highest BCUT2D eigenvalue weighted by Gasteiger charge is 2.09. The van der Waals surface area contributed by atoms with Gasteiger partial charge in [-0.25, -0.2) is 4.98 Å². The standard InChI is InChI=1S/C14H15N3/c1-8(2)14-16-12-5-4-10-9(3)6-15-7-11(10)13(12)17-14/h4-8H,1-3H3,(H,16,17). The summed E-state index contributed by atoms with van der Waals surface area (Å²) in [6.07, 6.45) is 3.79. The Kier molecular flexibility index (Phi) is 2.15. The molecule has 1 N–H and O–H groups in total. The number of hydrogen-bond donors (Lipinski definition) is 1. The maximum absolute atomic E-state index is 4.69. The highest BCUT2D eigenvalue weighted by molar-refractivity contribution is 6.04. The summed E-state index contributed by atoms with van der Waals surface area (Å²) in [7, 11) is 0. The summed E-state index contributed by atoms with van der Waals surface area (Å²) in [6.45, 7) is 6.37. The topological polar surface area (TPSA) is 41.6 Å². The van der Waals surface area contributed by atoms with Crippen LogP contribution < -0.4 is 0 Å². The lowest BCUT2D eigenvalue weighted by molar-refractivity contribution is 0.799. The summed E-state index contributed by atoms with van der Waals surface area (Å²) in [5.41, 5.74) is 3.31. The first kappa shape index (κ1) is 10.3. The van der Waals surface area contributed by atoms with Crippen LogP contribution in [0.5, 0.6) is 0 Å². The molecule has 0 atom stereocenters. The predicted molar refractivity (Wildman–Crippen MR) is 70.2 cm³/mol. The van der Waals surface area contributed by atoms with Crippen LogP contribution in [0.25, 0.3) is 21.8 Å². The third-order valence-electron chi connectivity index (χ3n) is 3.16. The quantitative estimate of drug-likeness (QED) is 0.688. The van der Waals surface area contributed by atoms with Crippen LogP contribution in [0.4, 0.5) is 0 Å². The Morgan fingerprint density at radius 1 is 1.12 bits per heavy atom. The predicted octanol–water partition coefficient (Wildman–Crippen LogP) is 3.54. The number of aromatic amines is 1. The van der Waals surface area contributed by atoms with Gasteiger partial charge in [-0.1, -0.05) is 19.9 Å². The van der Waals surface area contributed by atoms with E-state index in [4.69, 9.17) is 0 Å². The van der Waals surface area contributed by atoms with Crippen LogP contribution in [0.15, 0.2) is 24.5 Å². The number of imidazole rings is 1. The van der Waals surface area contributed by atoms with Crippen molar-refractivity contribution in [1.82, 2.24) is 15.0 Å². The number of rotatable bonds is 1. The smallest absolute Gasteiger partial charge is 0.109 e. The Balaban J connectivity index is 2.43. The van der Waals surface area contributed by atoms with Crippen molar-refractivity contribution in [3.63, 3.8) is 0 Å². The second kappa shape index (κ2) is 3.55. The molecule has 3 nitrogen and oxygen atoms in total. The molecule has 0 saturated heterocycles. The molecule has 0 spiro atoms. The SMILES string of the molecule is Cc1cncc2c1ccc1[nH]c(C(C)C)nc12. The second-order valence-corrected chi connectivity index (χ2v) is 4.79. The minimum Gasteiger partial charge on any atom is -0.342 e. The fourth-order valence-electron chi connectivity index (χ4n) is 2.16. The molecule has 3 rings (SSSR count). The van der Waals surface area contributed by atoms with E-state index in [-0.39, 0.29) is 0 Å². The number of aryl methyl sites for hydroxylation is 1. The van der Waals surface area contributed by atoms with Crippen molar-refractivity contribution in [3.8, 4) is 0 Å². The van der Waals surface area contributed by atoms with Gasteiger partial charge in [0, 0.05) is 23.7 Å². The lowest BCUT2D eigenvalue weighted by Gasteiger charge is -2.00. The molecule has 0 aliphatic rings. The molecule has 2 heterocycles. The van der Waals surface area contributed by atoms with Gasteiger partial charge in [-0.3, -0.25) is 4.98 Å². The van der Waals surface area contributed by atoms with E-state index >= 15 is 0 Å². The molecule has 0 radical (unpaired) electrons. The third-order valence-corrected chi connectivity index (χ3v) is 3.16. The van der Waals surface area contributed by atoms with E-state index in [1.54, 1.807) is 0 Å². The van der Waals surface area contributed by atoms with Crippen LogP contribution >= 0.6 is 0 Å². The number of aromatic nitrogens is 3. The van der Waals surface area contributed by atoms with Crippen LogP contribution in [0, 0.1) is 6.92 Å². The van der Waals surface area contributed by atoms with Gasteiger partial charge in [-0.05, 0) is 23.9 Å².